The molecular formula is C10H16O2. The van der Waals surface area contributed by atoms with Gasteiger partial charge in [0.15, 0.2) is 0 Å². The van der Waals surface area contributed by atoms with Gasteiger partial charge in [-0.05, 0) is 38.0 Å². The monoisotopic (exact) mass is 168 g/mol. The molecule has 2 fully saturated rings. The Hall–Kier alpha value is -0.530. The van der Waals surface area contributed by atoms with E-state index in [1.165, 1.54) is 6.42 Å². The lowest BCUT2D eigenvalue weighted by Crippen LogP contribution is -2.36. The molecule has 1 saturated heterocycles. The fraction of sp³-hybridized carbons (Fsp3) is 0.900. The van der Waals surface area contributed by atoms with Gasteiger partial charge in [0.1, 0.15) is 5.60 Å². The second kappa shape index (κ2) is 2.75. The zero-order chi connectivity index (χ0) is 8.60. The zero-order valence-electron chi connectivity index (χ0n) is 7.64. The van der Waals surface area contributed by atoms with Crippen molar-refractivity contribution >= 4 is 5.97 Å². The van der Waals surface area contributed by atoms with Crippen LogP contribution in [-0.2, 0) is 9.53 Å². The summed E-state index contributed by atoms with van der Waals surface area (Å²) < 4.78 is 5.47. The molecule has 68 valence electrons. The van der Waals surface area contributed by atoms with Gasteiger partial charge in [-0.3, -0.25) is 4.79 Å². The molecule has 12 heavy (non-hydrogen) atoms. The van der Waals surface area contributed by atoms with Crippen LogP contribution < -0.4 is 0 Å². The number of carbonyl (C=O) groups is 1. The van der Waals surface area contributed by atoms with Crippen molar-refractivity contribution in [3.63, 3.8) is 0 Å². The molecule has 0 aromatic rings. The van der Waals surface area contributed by atoms with E-state index < -0.39 is 0 Å². The minimum Gasteiger partial charge on any atom is -0.459 e. The van der Waals surface area contributed by atoms with E-state index in [0.717, 1.165) is 31.6 Å². The standard InChI is InChI=1S/C10H16O2/c1-8-4-6-10(7-8)5-2-3-9(11)12-10/h8H,2-7H2,1H3. The molecule has 0 aromatic heterocycles. The van der Waals surface area contributed by atoms with Crippen LogP contribution in [-0.4, -0.2) is 11.6 Å². The molecule has 1 spiro atoms. The van der Waals surface area contributed by atoms with Gasteiger partial charge in [-0.25, -0.2) is 0 Å². The second-order valence-electron chi connectivity index (χ2n) is 4.36. The average Bonchev–Trinajstić information content (AvgIpc) is 2.32. The molecule has 0 radical (unpaired) electrons. The molecule has 2 unspecified atom stereocenters. The lowest BCUT2D eigenvalue weighted by atomic mass is 9.91. The maximum atomic E-state index is 11.1. The summed E-state index contributed by atoms with van der Waals surface area (Å²) >= 11 is 0. The normalized spacial score (nSPS) is 41.8. The third-order valence-electron chi connectivity index (χ3n) is 3.16. The summed E-state index contributed by atoms with van der Waals surface area (Å²) in [6, 6.07) is 0. The van der Waals surface area contributed by atoms with E-state index in [0.29, 0.717) is 6.42 Å². The molecule has 1 saturated carbocycles. The first-order chi connectivity index (χ1) is 5.70. The predicted octanol–water partition coefficient (Wildman–Crippen LogP) is 2.27. The van der Waals surface area contributed by atoms with Gasteiger partial charge in [0.2, 0.25) is 0 Å². The molecule has 2 aliphatic rings. The highest BCUT2D eigenvalue weighted by Gasteiger charge is 2.42. The van der Waals surface area contributed by atoms with Crippen molar-refractivity contribution in [1.29, 1.82) is 0 Å². The van der Waals surface area contributed by atoms with E-state index in [4.69, 9.17) is 4.74 Å². The quantitative estimate of drug-likeness (QED) is 0.519. The number of rotatable bonds is 0. The third kappa shape index (κ3) is 1.35. The molecule has 2 nitrogen and oxygen atoms in total. The van der Waals surface area contributed by atoms with E-state index in [1.54, 1.807) is 0 Å². The molecule has 1 heterocycles. The summed E-state index contributed by atoms with van der Waals surface area (Å²) in [5.74, 6) is 0.770. The Balaban J connectivity index is 2.05. The van der Waals surface area contributed by atoms with Gasteiger partial charge < -0.3 is 4.74 Å². The summed E-state index contributed by atoms with van der Waals surface area (Å²) in [6.45, 7) is 2.25. The summed E-state index contributed by atoms with van der Waals surface area (Å²) in [6.07, 6.45) is 6.19. The van der Waals surface area contributed by atoms with Crippen molar-refractivity contribution in [2.45, 2.75) is 51.0 Å². The highest BCUT2D eigenvalue weighted by molar-refractivity contribution is 5.70. The molecule has 1 aliphatic heterocycles. The predicted molar refractivity (Wildman–Crippen MR) is 45.7 cm³/mol. The van der Waals surface area contributed by atoms with Crippen molar-refractivity contribution in [3.05, 3.63) is 0 Å². The first-order valence-corrected chi connectivity index (χ1v) is 4.92. The van der Waals surface area contributed by atoms with E-state index in [1.807, 2.05) is 0 Å². The number of hydrogen-bond acceptors (Lipinski definition) is 2. The molecule has 2 heteroatoms. The van der Waals surface area contributed by atoms with Crippen LogP contribution in [0.25, 0.3) is 0 Å². The number of esters is 1. The Labute approximate surface area is 73.3 Å². The van der Waals surface area contributed by atoms with Crippen LogP contribution in [0.1, 0.15) is 45.4 Å². The van der Waals surface area contributed by atoms with Crippen molar-refractivity contribution in [1.82, 2.24) is 0 Å². The Morgan fingerprint density at radius 3 is 2.92 bits per heavy atom. The summed E-state index contributed by atoms with van der Waals surface area (Å²) in [5, 5.41) is 0. The average molecular weight is 168 g/mol. The second-order valence-corrected chi connectivity index (χ2v) is 4.36. The Bertz CT molecular complexity index is 196. The molecule has 2 rings (SSSR count). The van der Waals surface area contributed by atoms with Crippen LogP contribution in [0, 0.1) is 5.92 Å². The van der Waals surface area contributed by atoms with Crippen LogP contribution in [0.5, 0.6) is 0 Å². The van der Waals surface area contributed by atoms with Crippen LogP contribution in [0.3, 0.4) is 0 Å². The van der Waals surface area contributed by atoms with Gasteiger partial charge in [-0.1, -0.05) is 6.92 Å². The van der Waals surface area contributed by atoms with Crippen molar-refractivity contribution in [3.8, 4) is 0 Å². The highest BCUT2D eigenvalue weighted by Crippen LogP contribution is 2.42. The fourth-order valence-electron chi connectivity index (χ4n) is 2.57. The van der Waals surface area contributed by atoms with Crippen LogP contribution in [0.2, 0.25) is 0 Å². The number of carbonyl (C=O) groups excluding carboxylic acids is 1. The van der Waals surface area contributed by atoms with Crippen LogP contribution in [0.15, 0.2) is 0 Å². The van der Waals surface area contributed by atoms with Gasteiger partial charge in [0.05, 0.1) is 0 Å². The maximum absolute atomic E-state index is 11.1. The molecule has 2 atom stereocenters. The molecule has 0 aromatic carbocycles. The third-order valence-corrected chi connectivity index (χ3v) is 3.16. The number of hydrogen-bond donors (Lipinski definition) is 0. The van der Waals surface area contributed by atoms with E-state index in [9.17, 15) is 4.79 Å². The van der Waals surface area contributed by atoms with E-state index in [2.05, 4.69) is 6.92 Å². The SMILES string of the molecule is CC1CCC2(CCCC(=O)O2)C1. The van der Waals surface area contributed by atoms with Crippen LogP contribution in [0.4, 0.5) is 0 Å². The molecular weight excluding hydrogens is 152 g/mol. The number of ether oxygens (including phenoxy) is 1. The molecule has 0 bridgehead atoms. The Morgan fingerprint density at radius 2 is 2.33 bits per heavy atom. The van der Waals surface area contributed by atoms with E-state index >= 15 is 0 Å². The fourth-order valence-corrected chi connectivity index (χ4v) is 2.57. The first-order valence-electron chi connectivity index (χ1n) is 4.92. The summed E-state index contributed by atoms with van der Waals surface area (Å²) in [5.41, 5.74) is -0.0330. The van der Waals surface area contributed by atoms with Crippen molar-refractivity contribution in [2.75, 3.05) is 0 Å². The zero-order valence-corrected chi connectivity index (χ0v) is 7.64. The largest absolute Gasteiger partial charge is 0.459 e. The summed E-state index contributed by atoms with van der Waals surface area (Å²) in [4.78, 5) is 11.1. The lowest BCUT2D eigenvalue weighted by molar-refractivity contribution is -0.166. The van der Waals surface area contributed by atoms with Crippen molar-refractivity contribution < 1.29 is 9.53 Å². The minimum absolute atomic E-state index is 0.0235. The topological polar surface area (TPSA) is 26.3 Å². The molecule has 0 amide bonds. The minimum atomic E-state index is -0.0330. The summed E-state index contributed by atoms with van der Waals surface area (Å²) in [7, 11) is 0. The maximum Gasteiger partial charge on any atom is 0.306 e. The van der Waals surface area contributed by atoms with Crippen LogP contribution >= 0.6 is 0 Å². The highest BCUT2D eigenvalue weighted by atomic mass is 16.6. The van der Waals surface area contributed by atoms with Crippen molar-refractivity contribution in [2.24, 2.45) is 5.92 Å². The smallest absolute Gasteiger partial charge is 0.306 e. The molecule has 0 N–H and O–H groups in total. The van der Waals surface area contributed by atoms with Gasteiger partial charge in [-0.2, -0.15) is 0 Å². The lowest BCUT2D eigenvalue weighted by Gasteiger charge is -2.33. The Kier molecular flexibility index (Phi) is 1.85. The Morgan fingerprint density at radius 1 is 1.50 bits per heavy atom. The molecule has 1 aliphatic carbocycles. The van der Waals surface area contributed by atoms with E-state index in [-0.39, 0.29) is 11.6 Å². The van der Waals surface area contributed by atoms with Gasteiger partial charge in [-0.15, -0.1) is 0 Å². The van der Waals surface area contributed by atoms with Gasteiger partial charge in [0, 0.05) is 6.42 Å². The first kappa shape index (κ1) is 8.09. The van der Waals surface area contributed by atoms with Gasteiger partial charge >= 0.3 is 5.97 Å². The van der Waals surface area contributed by atoms with Gasteiger partial charge in [0.25, 0.3) is 0 Å².